The van der Waals surface area contributed by atoms with Crippen LogP contribution in [-0.4, -0.2) is 27.9 Å². The molecule has 0 saturated heterocycles. The second kappa shape index (κ2) is 7.35. The second-order valence-electron chi connectivity index (χ2n) is 4.14. The molecule has 3 N–H and O–H groups in total. The number of nitrogen functional groups attached to an aromatic ring is 1. The Bertz CT molecular complexity index is 499. The fourth-order valence-corrected chi connectivity index (χ4v) is 3.04. The highest BCUT2D eigenvalue weighted by Gasteiger charge is 2.13. The fraction of sp³-hybridized carbons (Fsp3) is 0.385. The Balaban J connectivity index is 2.02. The maximum Gasteiger partial charge on any atom is 0.147 e. The number of unbranched alkanes of at least 4 members (excludes halogenated alkanes) is 1. The van der Waals surface area contributed by atoms with E-state index in [9.17, 15) is 0 Å². The largest absolute Gasteiger partial charge is 0.382 e. The molecule has 2 aromatic rings. The van der Waals surface area contributed by atoms with Gasteiger partial charge in [0.2, 0.25) is 0 Å². The van der Waals surface area contributed by atoms with Gasteiger partial charge in [-0.05, 0) is 42.4 Å². The lowest BCUT2D eigenvalue weighted by Crippen LogP contribution is -2.02. The summed E-state index contributed by atoms with van der Waals surface area (Å²) >= 11 is 3.30. The molecule has 0 bridgehead atoms. The van der Waals surface area contributed by atoms with Crippen LogP contribution in [0, 0.1) is 0 Å². The minimum Gasteiger partial charge on any atom is -0.382 e. The molecular formula is C13H18N4S2. The molecule has 19 heavy (non-hydrogen) atoms. The molecule has 0 aliphatic rings. The van der Waals surface area contributed by atoms with Crippen molar-refractivity contribution in [1.82, 2.24) is 9.36 Å². The van der Waals surface area contributed by atoms with Crippen LogP contribution in [0.1, 0.15) is 12.8 Å². The molecule has 0 aliphatic carbocycles. The third-order valence-corrected chi connectivity index (χ3v) is 4.25. The smallest absolute Gasteiger partial charge is 0.147 e. The lowest BCUT2D eigenvalue weighted by molar-refractivity contribution is 0.845. The van der Waals surface area contributed by atoms with E-state index in [-0.39, 0.29) is 0 Å². The van der Waals surface area contributed by atoms with Crippen LogP contribution in [0.2, 0.25) is 0 Å². The summed E-state index contributed by atoms with van der Waals surface area (Å²) in [6.45, 7) is 0.954. The van der Waals surface area contributed by atoms with Crippen LogP contribution in [0.3, 0.4) is 0 Å². The van der Waals surface area contributed by atoms with Crippen molar-refractivity contribution in [2.24, 2.45) is 0 Å². The number of anilines is 2. The predicted octanol–water partition coefficient (Wildman–Crippen LogP) is 3.34. The van der Waals surface area contributed by atoms with Gasteiger partial charge in [0.05, 0.1) is 5.56 Å². The Morgan fingerprint density at radius 3 is 3.05 bits per heavy atom. The predicted molar refractivity (Wildman–Crippen MR) is 85.9 cm³/mol. The van der Waals surface area contributed by atoms with E-state index in [0.29, 0.717) is 5.82 Å². The molecule has 2 heterocycles. The number of hydrogen-bond acceptors (Lipinski definition) is 6. The summed E-state index contributed by atoms with van der Waals surface area (Å²) in [7, 11) is 0. The molecule has 0 spiro atoms. The van der Waals surface area contributed by atoms with Gasteiger partial charge in [-0.3, -0.25) is 4.98 Å². The van der Waals surface area contributed by atoms with E-state index in [1.165, 1.54) is 23.7 Å². The van der Waals surface area contributed by atoms with Gasteiger partial charge >= 0.3 is 0 Å². The SMILES string of the molecule is CSCCCCNc1snc(N)c1-c1cccnc1. The average molecular weight is 294 g/mol. The summed E-state index contributed by atoms with van der Waals surface area (Å²) in [6, 6.07) is 3.92. The molecule has 2 aromatic heterocycles. The molecule has 0 atom stereocenters. The molecule has 102 valence electrons. The fourth-order valence-electron chi connectivity index (χ4n) is 1.79. The van der Waals surface area contributed by atoms with Gasteiger partial charge in [0.15, 0.2) is 0 Å². The molecule has 6 heteroatoms. The molecule has 0 saturated carbocycles. The number of hydrogen-bond donors (Lipinski definition) is 2. The normalized spacial score (nSPS) is 10.6. The van der Waals surface area contributed by atoms with Crippen LogP contribution in [0.4, 0.5) is 10.8 Å². The van der Waals surface area contributed by atoms with Crippen LogP contribution in [0.15, 0.2) is 24.5 Å². The molecular weight excluding hydrogens is 276 g/mol. The van der Waals surface area contributed by atoms with Crippen molar-refractivity contribution < 1.29 is 0 Å². The number of nitrogens with zero attached hydrogens (tertiary/aromatic N) is 2. The average Bonchev–Trinajstić information content (AvgIpc) is 2.81. The minimum absolute atomic E-state index is 0.574. The van der Waals surface area contributed by atoms with E-state index in [1.807, 2.05) is 30.1 Å². The zero-order valence-corrected chi connectivity index (χ0v) is 12.6. The van der Waals surface area contributed by atoms with Gasteiger partial charge in [0.25, 0.3) is 0 Å². The van der Waals surface area contributed by atoms with Crippen LogP contribution in [-0.2, 0) is 0 Å². The highest BCUT2D eigenvalue weighted by atomic mass is 32.2. The van der Waals surface area contributed by atoms with Crippen molar-refractivity contribution >= 4 is 34.1 Å². The third-order valence-electron chi connectivity index (χ3n) is 2.73. The summed E-state index contributed by atoms with van der Waals surface area (Å²) < 4.78 is 4.23. The summed E-state index contributed by atoms with van der Waals surface area (Å²) in [6.07, 6.45) is 8.10. The first-order valence-electron chi connectivity index (χ1n) is 6.21. The minimum atomic E-state index is 0.574. The molecule has 0 aliphatic heterocycles. The van der Waals surface area contributed by atoms with Crippen LogP contribution in [0.5, 0.6) is 0 Å². The first-order valence-corrected chi connectivity index (χ1v) is 8.38. The van der Waals surface area contributed by atoms with Gasteiger partial charge in [-0.1, -0.05) is 6.07 Å². The van der Waals surface area contributed by atoms with Crippen LogP contribution in [0.25, 0.3) is 11.1 Å². The Morgan fingerprint density at radius 2 is 2.32 bits per heavy atom. The van der Waals surface area contributed by atoms with E-state index in [2.05, 4.69) is 20.9 Å². The van der Waals surface area contributed by atoms with E-state index in [1.54, 1.807) is 6.20 Å². The highest BCUT2D eigenvalue weighted by molar-refractivity contribution is 7.98. The molecule has 0 aromatic carbocycles. The maximum atomic E-state index is 5.95. The van der Waals surface area contributed by atoms with Crippen LogP contribution >= 0.6 is 23.3 Å². The van der Waals surface area contributed by atoms with Crippen molar-refractivity contribution in [2.45, 2.75) is 12.8 Å². The third kappa shape index (κ3) is 3.84. The monoisotopic (exact) mass is 294 g/mol. The summed E-state index contributed by atoms with van der Waals surface area (Å²) in [5.74, 6) is 1.78. The van der Waals surface area contributed by atoms with Crippen molar-refractivity contribution in [3.8, 4) is 11.1 Å². The quantitative estimate of drug-likeness (QED) is 0.767. The summed E-state index contributed by atoms with van der Waals surface area (Å²) in [5, 5.41) is 4.47. The molecule has 0 unspecified atom stereocenters. The zero-order chi connectivity index (χ0) is 13.5. The first kappa shape index (κ1) is 14.1. The zero-order valence-electron chi connectivity index (χ0n) is 10.9. The number of pyridine rings is 1. The van der Waals surface area contributed by atoms with E-state index >= 15 is 0 Å². The Hall–Kier alpha value is -1.27. The van der Waals surface area contributed by atoms with Gasteiger partial charge in [0.1, 0.15) is 10.8 Å². The number of aromatic nitrogens is 2. The molecule has 2 rings (SSSR count). The molecule has 4 nitrogen and oxygen atoms in total. The molecule has 0 fully saturated rings. The van der Waals surface area contributed by atoms with Crippen molar-refractivity contribution in [1.29, 1.82) is 0 Å². The van der Waals surface area contributed by atoms with Crippen molar-refractivity contribution in [3.05, 3.63) is 24.5 Å². The van der Waals surface area contributed by atoms with Crippen LogP contribution < -0.4 is 11.1 Å². The van der Waals surface area contributed by atoms with Crippen molar-refractivity contribution in [3.63, 3.8) is 0 Å². The number of thioether (sulfide) groups is 1. The number of rotatable bonds is 7. The van der Waals surface area contributed by atoms with Gasteiger partial charge in [-0.2, -0.15) is 16.1 Å². The van der Waals surface area contributed by atoms with Gasteiger partial charge in [-0.25, -0.2) is 0 Å². The standard InChI is InChI=1S/C13H18N4S2/c1-18-8-3-2-7-16-13-11(12(14)17-19-13)10-5-4-6-15-9-10/h4-6,9,16H,2-3,7-8H2,1H3,(H2,14,17). The summed E-state index contributed by atoms with van der Waals surface area (Å²) in [4.78, 5) is 4.13. The maximum absolute atomic E-state index is 5.95. The lowest BCUT2D eigenvalue weighted by Gasteiger charge is -2.06. The Labute approximate surface area is 122 Å². The highest BCUT2D eigenvalue weighted by Crippen LogP contribution is 2.36. The van der Waals surface area contributed by atoms with Crippen molar-refractivity contribution in [2.75, 3.05) is 29.6 Å². The van der Waals surface area contributed by atoms with Gasteiger partial charge in [-0.15, -0.1) is 0 Å². The van der Waals surface area contributed by atoms with E-state index in [4.69, 9.17) is 5.73 Å². The van der Waals surface area contributed by atoms with Gasteiger partial charge in [0, 0.05) is 24.5 Å². The molecule has 0 radical (unpaired) electrons. The number of nitrogens with two attached hydrogens (primary N) is 1. The van der Waals surface area contributed by atoms with E-state index in [0.717, 1.165) is 29.1 Å². The van der Waals surface area contributed by atoms with E-state index < -0.39 is 0 Å². The van der Waals surface area contributed by atoms with Gasteiger partial charge < -0.3 is 11.1 Å². The second-order valence-corrected chi connectivity index (χ2v) is 5.90. The lowest BCUT2D eigenvalue weighted by atomic mass is 10.1. The summed E-state index contributed by atoms with van der Waals surface area (Å²) in [5.41, 5.74) is 7.94. The molecule has 0 amide bonds. The Kier molecular flexibility index (Phi) is 5.47. The topological polar surface area (TPSA) is 63.8 Å². The Morgan fingerprint density at radius 1 is 1.42 bits per heavy atom. The number of nitrogens with one attached hydrogen (secondary N) is 1. The first-order chi connectivity index (χ1) is 9.33.